The van der Waals surface area contributed by atoms with E-state index in [-0.39, 0.29) is 10.6 Å². The van der Waals surface area contributed by atoms with E-state index >= 15 is 0 Å². The summed E-state index contributed by atoms with van der Waals surface area (Å²) in [7, 11) is 0. The van der Waals surface area contributed by atoms with E-state index in [9.17, 15) is 10.1 Å². The third-order valence-electron chi connectivity index (χ3n) is 3.96. The first kappa shape index (κ1) is 16.2. The number of benzene rings is 1. The van der Waals surface area contributed by atoms with E-state index < -0.39 is 0 Å². The SMILES string of the molecule is CCNCC1CCCN(Cc2c(Cl)cccc2[N+](=O)[O-])C1. The van der Waals surface area contributed by atoms with E-state index in [4.69, 9.17) is 11.6 Å². The van der Waals surface area contributed by atoms with Gasteiger partial charge in [0, 0.05) is 19.2 Å². The Morgan fingerprint density at radius 2 is 2.33 bits per heavy atom. The van der Waals surface area contributed by atoms with Crippen molar-refractivity contribution in [2.75, 3.05) is 26.2 Å². The Balaban J connectivity index is 2.06. The Morgan fingerprint density at radius 3 is 3.05 bits per heavy atom. The van der Waals surface area contributed by atoms with Crippen LogP contribution in [-0.4, -0.2) is 36.0 Å². The van der Waals surface area contributed by atoms with Crippen LogP contribution >= 0.6 is 11.6 Å². The maximum absolute atomic E-state index is 11.1. The molecule has 1 aromatic rings. The first-order valence-corrected chi connectivity index (χ1v) is 7.84. The van der Waals surface area contributed by atoms with E-state index in [0.717, 1.165) is 32.6 Å². The van der Waals surface area contributed by atoms with Gasteiger partial charge in [-0.05, 0) is 44.5 Å². The molecule has 1 aromatic carbocycles. The van der Waals surface area contributed by atoms with Gasteiger partial charge in [-0.2, -0.15) is 0 Å². The highest BCUT2D eigenvalue weighted by Gasteiger charge is 2.24. The number of hydrogen-bond donors (Lipinski definition) is 1. The molecule has 5 nitrogen and oxygen atoms in total. The quantitative estimate of drug-likeness (QED) is 0.648. The number of nitrogens with zero attached hydrogens (tertiary/aromatic N) is 2. The number of hydrogen-bond acceptors (Lipinski definition) is 4. The van der Waals surface area contributed by atoms with Crippen molar-refractivity contribution in [3.05, 3.63) is 38.9 Å². The maximum Gasteiger partial charge on any atom is 0.275 e. The number of nitrogens with one attached hydrogen (secondary N) is 1. The normalized spacial score (nSPS) is 19.6. The molecule has 0 radical (unpaired) electrons. The van der Waals surface area contributed by atoms with Gasteiger partial charge in [0.2, 0.25) is 0 Å². The number of likely N-dealkylation sites (tertiary alicyclic amines) is 1. The molecule has 6 heteroatoms. The topological polar surface area (TPSA) is 58.4 Å². The molecule has 1 heterocycles. The van der Waals surface area contributed by atoms with Gasteiger partial charge in [0.15, 0.2) is 0 Å². The Hall–Kier alpha value is -1.17. The Bertz CT molecular complexity index is 496. The van der Waals surface area contributed by atoms with Crippen molar-refractivity contribution in [1.82, 2.24) is 10.2 Å². The fourth-order valence-corrected chi connectivity index (χ4v) is 3.14. The molecule has 116 valence electrons. The molecular formula is C15H22ClN3O2. The van der Waals surface area contributed by atoms with Gasteiger partial charge in [0.1, 0.15) is 0 Å². The molecule has 1 atom stereocenters. The minimum absolute atomic E-state index is 0.122. The van der Waals surface area contributed by atoms with Crippen molar-refractivity contribution in [3.8, 4) is 0 Å². The molecule has 0 amide bonds. The lowest BCUT2D eigenvalue weighted by atomic mass is 9.97. The van der Waals surface area contributed by atoms with Crippen molar-refractivity contribution in [2.24, 2.45) is 5.92 Å². The lowest BCUT2D eigenvalue weighted by Crippen LogP contribution is -2.39. The molecule has 1 unspecified atom stereocenters. The highest BCUT2D eigenvalue weighted by atomic mass is 35.5. The summed E-state index contributed by atoms with van der Waals surface area (Å²) in [5, 5.41) is 15.0. The number of rotatable bonds is 6. The van der Waals surface area contributed by atoms with Crippen LogP contribution in [0.5, 0.6) is 0 Å². The summed E-state index contributed by atoms with van der Waals surface area (Å²) in [6.07, 6.45) is 2.35. The van der Waals surface area contributed by atoms with Gasteiger partial charge in [-0.1, -0.05) is 24.6 Å². The zero-order valence-electron chi connectivity index (χ0n) is 12.3. The Kier molecular flexibility index (Phi) is 5.96. The number of nitro groups is 1. The van der Waals surface area contributed by atoms with Crippen LogP contribution in [0.15, 0.2) is 18.2 Å². The molecule has 1 aliphatic rings. The van der Waals surface area contributed by atoms with Crippen molar-refractivity contribution in [3.63, 3.8) is 0 Å². The summed E-state index contributed by atoms with van der Waals surface area (Å²) in [5.74, 6) is 0.611. The minimum atomic E-state index is -0.346. The van der Waals surface area contributed by atoms with E-state index in [1.807, 2.05) is 0 Å². The zero-order valence-corrected chi connectivity index (χ0v) is 13.1. The van der Waals surface area contributed by atoms with Crippen LogP contribution in [0.1, 0.15) is 25.3 Å². The third kappa shape index (κ3) is 4.40. The fourth-order valence-electron chi connectivity index (χ4n) is 2.91. The monoisotopic (exact) mass is 311 g/mol. The molecule has 0 spiro atoms. The van der Waals surface area contributed by atoms with Gasteiger partial charge in [-0.25, -0.2) is 0 Å². The first-order valence-electron chi connectivity index (χ1n) is 7.46. The molecule has 1 fully saturated rings. The Labute approximate surface area is 130 Å². The lowest BCUT2D eigenvalue weighted by Gasteiger charge is -2.32. The standard InChI is InChI=1S/C15H22ClN3O2/c1-2-17-9-12-5-4-8-18(10-12)11-13-14(16)6-3-7-15(13)19(20)21/h3,6-7,12,17H,2,4-5,8-11H2,1H3. The average Bonchev–Trinajstić information content (AvgIpc) is 2.47. The van der Waals surface area contributed by atoms with Crippen LogP contribution in [0.4, 0.5) is 5.69 Å². The number of halogens is 1. The molecule has 0 aliphatic carbocycles. The second-order valence-electron chi connectivity index (χ2n) is 5.55. The molecule has 1 aliphatic heterocycles. The van der Waals surface area contributed by atoms with Gasteiger partial charge in [-0.3, -0.25) is 15.0 Å². The lowest BCUT2D eigenvalue weighted by molar-refractivity contribution is -0.385. The zero-order chi connectivity index (χ0) is 15.2. The van der Waals surface area contributed by atoms with E-state index in [0.29, 0.717) is 23.0 Å². The third-order valence-corrected chi connectivity index (χ3v) is 4.31. The van der Waals surface area contributed by atoms with Crippen LogP contribution in [-0.2, 0) is 6.54 Å². The van der Waals surface area contributed by atoms with Crippen LogP contribution in [0, 0.1) is 16.0 Å². The van der Waals surface area contributed by atoms with Crippen molar-refractivity contribution >= 4 is 17.3 Å². The molecule has 0 saturated carbocycles. The van der Waals surface area contributed by atoms with Crippen LogP contribution in [0.25, 0.3) is 0 Å². The number of nitro benzene ring substituents is 1. The predicted octanol–water partition coefficient (Wildman–Crippen LogP) is 3.07. The molecule has 21 heavy (non-hydrogen) atoms. The van der Waals surface area contributed by atoms with Gasteiger partial charge in [0.25, 0.3) is 5.69 Å². The summed E-state index contributed by atoms with van der Waals surface area (Å²) in [5.41, 5.74) is 0.754. The molecule has 0 bridgehead atoms. The molecular weight excluding hydrogens is 290 g/mol. The smallest absolute Gasteiger partial charge is 0.275 e. The molecule has 1 N–H and O–H groups in total. The first-order chi connectivity index (χ1) is 10.1. The van der Waals surface area contributed by atoms with Crippen molar-refractivity contribution in [2.45, 2.75) is 26.3 Å². The van der Waals surface area contributed by atoms with Gasteiger partial charge < -0.3 is 5.32 Å². The van der Waals surface area contributed by atoms with Crippen LogP contribution in [0.3, 0.4) is 0 Å². The van der Waals surface area contributed by atoms with Crippen LogP contribution < -0.4 is 5.32 Å². The fraction of sp³-hybridized carbons (Fsp3) is 0.600. The van der Waals surface area contributed by atoms with Gasteiger partial charge >= 0.3 is 0 Å². The summed E-state index contributed by atoms with van der Waals surface area (Å²) >= 11 is 6.17. The van der Waals surface area contributed by atoms with Crippen molar-refractivity contribution in [1.29, 1.82) is 0 Å². The van der Waals surface area contributed by atoms with Crippen LogP contribution in [0.2, 0.25) is 5.02 Å². The Morgan fingerprint density at radius 1 is 1.52 bits per heavy atom. The molecule has 0 aromatic heterocycles. The summed E-state index contributed by atoms with van der Waals surface area (Å²) in [6.45, 7) is 6.59. The average molecular weight is 312 g/mol. The summed E-state index contributed by atoms with van der Waals surface area (Å²) in [6, 6.07) is 4.89. The van der Waals surface area contributed by atoms with Crippen molar-refractivity contribution < 1.29 is 4.92 Å². The highest BCUT2D eigenvalue weighted by Crippen LogP contribution is 2.29. The number of piperidine rings is 1. The molecule has 1 saturated heterocycles. The second kappa shape index (κ2) is 7.73. The highest BCUT2D eigenvalue weighted by molar-refractivity contribution is 6.31. The summed E-state index contributed by atoms with van der Waals surface area (Å²) < 4.78 is 0. The van der Waals surface area contributed by atoms with E-state index in [1.165, 1.54) is 12.5 Å². The molecule has 2 rings (SSSR count). The predicted molar refractivity (Wildman–Crippen MR) is 84.7 cm³/mol. The summed E-state index contributed by atoms with van der Waals surface area (Å²) in [4.78, 5) is 13.1. The van der Waals surface area contributed by atoms with E-state index in [2.05, 4.69) is 17.1 Å². The minimum Gasteiger partial charge on any atom is -0.317 e. The second-order valence-corrected chi connectivity index (χ2v) is 5.95. The maximum atomic E-state index is 11.1. The van der Waals surface area contributed by atoms with E-state index in [1.54, 1.807) is 12.1 Å². The van der Waals surface area contributed by atoms with Gasteiger partial charge in [-0.15, -0.1) is 0 Å². The largest absolute Gasteiger partial charge is 0.317 e. The van der Waals surface area contributed by atoms with Gasteiger partial charge in [0.05, 0.1) is 15.5 Å².